The number of aromatic amines is 1. The highest BCUT2D eigenvalue weighted by atomic mass is 35.5. The molecule has 0 fully saturated rings. The van der Waals surface area contributed by atoms with E-state index in [0.29, 0.717) is 70.7 Å². The van der Waals surface area contributed by atoms with Gasteiger partial charge in [0.1, 0.15) is 11.5 Å². The molecule has 0 aliphatic heterocycles. The number of fused-ring (bicyclic) bond motifs is 4. The van der Waals surface area contributed by atoms with Gasteiger partial charge >= 0.3 is 6.18 Å². The number of pyridine rings is 1. The fraction of sp³-hybridized carbons (Fsp3) is 0.326. The van der Waals surface area contributed by atoms with Gasteiger partial charge in [0.2, 0.25) is 0 Å². The highest BCUT2D eigenvalue weighted by Crippen LogP contribution is 2.37. The van der Waals surface area contributed by atoms with Crippen LogP contribution >= 0.6 is 34.5 Å². The largest absolute Gasteiger partial charge is 0.416 e. The van der Waals surface area contributed by atoms with Crippen molar-refractivity contribution in [1.29, 1.82) is 0 Å². The first-order valence-electron chi connectivity index (χ1n) is 49.4. The average molecular weight is 1910 g/mol. The van der Waals surface area contributed by atoms with Gasteiger partial charge in [0, 0.05) is 32.0 Å². The number of halogens is 6. The van der Waals surface area contributed by atoms with E-state index in [0.717, 1.165) is 39.3 Å². The lowest BCUT2D eigenvalue weighted by molar-refractivity contribution is -0.138. The number of rotatable bonds is 13. The number of aryl methyl sites for hydroxylation is 4. The summed E-state index contributed by atoms with van der Waals surface area (Å²) in [5.41, 5.74) is 26.1. The molecule has 0 bridgehead atoms. The molecule has 1 N–H and O–H groups in total. The van der Waals surface area contributed by atoms with E-state index in [1.807, 2.05) is 79.1 Å². The molecular formula is C129H156Cl2F4N2S. The van der Waals surface area contributed by atoms with E-state index < -0.39 is 11.7 Å². The topological polar surface area (TPSA) is 28.7 Å². The number of alkyl halides is 3. The maximum atomic E-state index is 12.8. The van der Waals surface area contributed by atoms with Crippen LogP contribution in [0.2, 0.25) is 10.0 Å². The van der Waals surface area contributed by atoms with E-state index in [-0.39, 0.29) is 11.7 Å². The summed E-state index contributed by atoms with van der Waals surface area (Å²) in [6.07, 6.45) is 1.06. The Balaban J connectivity index is 0.000000231. The van der Waals surface area contributed by atoms with Crippen LogP contribution in [0.3, 0.4) is 0 Å². The molecule has 0 spiro atoms. The summed E-state index contributed by atoms with van der Waals surface area (Å²) in [5.74, 6) is 6.40. The van der Waals surface area contributed by atoms with Gasteiger partial charge in [-0.25, -0.2) is 9.37 Å². The van der Waals surface area contributed by atoms with Crippen molar-refractivity contribution >= 4 is 72.0 Å². The summed E-state index contributed by atoms with van der Waals surface area (Å²) in [6, 6.07) is 111. The predicted octanol–water partition coefficient (Wildman–Crippen LogP) is 41.8. The molecule has 1 aliphatic carbocycles. The molecule has 9 heteroatoms. The highest BCUT2D eigenvalue weighted by Gasteiger charge is 2.33. The molecule has 16 aromatic rings. The minimum Gasteiger partial charge on any atom is -0.343 e. The van der Waals surface area contributed by atoms with Crippen molar-refractivity contribution < 1.29 is 17.6 Å². The first-order chi connectivity index (χ1) is 65.4. The zero-order valence-electron chi connectivity index (χ0n) is 87.7. The molecule has 138 heavy (non-hydrogen) atoms. The molecule has 2 nitrogen and oxygen atoms in total. The van der Waals surface area contributed by atoms with E-state index in [1.165, 1.54) is 139 Å². The molecule has 1 aliphatic rings. The van der Waals surface area contributed by atoms with Crippen molar-refractivity contribution in [1.82, 2.24) is 9.97 Å². The lowest BCUT2D eigenvalue weighted by Gasteiger charge is -2.14. The molecule has 0 amide bonds. The van der Waals surface area contributed by atoms with Crippen LogP contribution in [0.1, 0.15) is 332 Å². The smallest absolute Gasteiger partial charge is 0.343 e. The van der Waals surface area contributed by atoms with Crippen LogP contribution in [0.15, 0.2) is 345 Å². The maximum absolute atomic E-state index is 12.8. The van der Waals surface area contributed by atoms with Crippen molar-refractivity contribution in [3.63, 3.8) is 0 Å². The number of hydrogen-bond donors (Lipinski definition) is 1. The van der Waals surface area contributed by atoms with Crippen LogP contribution in [-0.4, -0.2) is 9.97 Å². The molecule has 17 rings (SSSR count). The predicted molar refractivity (Wildman–Crippen MR) is 601 cm³/mol. The third-order valence-corrected chi connectivity index (χ3v) is 25.5. The van der Waals surface area contributed by atoms with E-state index in [2.05, 4.69) is 430 Å². The Bertz CT molecular complexity index is 6070. The van der Waals surface area contributed by atoms with Crippen molar-refractivity contribution in [2.45, 2.75) is 272 Å². The molecule has 0 atom stereocenters. The number of H-pyrrole nitrogens is 1. The summed E-state index contributed by atoms with van der Waals surface area (Å²) in [7, 11) is 0. The minimum absolute atomic E-state index is 0.0992. The monoisotopic (exact) mass is 1910 g/mol. The normalized spacial score (nSPS) is 11.2. The Labute approximate surface area is 843 Å². The van der Waals surface area contributed by atoms with Gasteiger partial charge in [-0.1, -0.05) is 486 Å². The van der Waals surface area contributed by atoms with Crippen molar-refractivity contribution in [2.75, 3.05) is 0 Å². The molecule has 0 saturated heterocycles. The van der Waals surface area contributed by atoms with Gasteiger partial charge < -0.3 is 4.98 Å². The lowest BCUT2D eigenvalue weighted by atomic mass is 9.97. The van der Waals surface area contributed by atoms with Crippen LogP contribution in [0.5, 0.6) is 0 Å². The van der Waals surface area contributed by atoms with Crippen LogP contribution in [0, 0.1) is 39.4 Å². The van der Waals surface area contributed by atoms with E-state index in [4.69, 9.17) is 23.2 Å². The Morgan fingerprint density at radius 2 is 0.746 bits per heavy atom. The second kappa shape index (κ2) is 59.3. The van der Waals surface area contributed by atoms with Crippen LogP contribution in [0.4, 0.5) is 17.6 Å². The maximum Gasteiger partial charge on any atom is 0.416 e. The molecule has 730 valence electrons. The Hall–Kier alpha value is -11.2. The Kier molecular flexibility index (Phi) is 49.6. The van der Waals surface area contributed by atoms with Crippen LogP contribution < -0.4 is 0 Å². The molecule has 0 saturated carbocycles. The Morgan fingerprint density at radius 1 is 0.319 bits per heavy atom. The molecule has 13 aromatic carbocycles. The highest BCUT2D eigenvalue weighted by molar-refractivity contribution is 7.17. The van der Waals surface area contributed by atoms with Gasteiger partial charge in [-0.3, -0.25) is 0 Å². The number of aromatic nitrogens is 2. The number of allylic oxidation sites excluding steroid dienone is 2. The summed E-state index contributed by atoms with van der Waals surface area (Å²) >= 11 is 13.6. The van der Waals surface area contributed by atoms with Crippen LogP contribution in [-0.2, 0) is 12.6 Å². The van der Waals surface area contributed by atoms with E-state index >= 15 is 0 Å². The van der Waals surface area contributed by atoms with Gasteiger partial charge in [0.25, 0.3) is 0 Å². The quantitative estimate of drug-likeness (QED) is 0.115. The fourth-order valence-electron chi connectivity index (χ4n) is 15.0. The summed E-state index contributed by atoms with van der Waals surface area (Å²) in [6.45, 7) is 60.0. The van der Waals surface area contributed by atoms with Gasteiger partial charge in [0.05, 0.1) is 5.56 Å². The zero-order chi connectivity index (χ0) is 102. The summed E-state index contributed by atoms with van der Waals surface area (Å²) in [4.78, 5) is 7.51. The van der Waals surface area contributed by atoms with E-state index in [1.54, 1.807) is 26.8 Å². The molecule has 0 unspecified atom stereocenters. The van der Waals surface area contributed by atoms with Crippen LogP contribution in [0.25, 0.3) is 48.6 Å². The minimum atomic E-state index is -4.24. The SMILES string of the molecule is CC(C)C1=CCc2ccccc21.CC(C)c1cc2cccnc2[nH]1.CC(C)c1ccc(-c2ccccc2)cc1.CC(C)c1ccc2ccccc2c1.CC(C)c1ccccc1.CC(C)c1ccccc1C(F)(F)F.CC(C)c1ccccc1Cl.CC(C)c1csc2ccccc12.Cc1cc(C(C)C)ccc1Cl.Cc1cc(C(C)C)ccc1F.Cc1cccc(C(C)C)c1.Cc1cccc(C(C)C)c1. The summed E-state index contributed by atoms with van der Waals surface area (Å²) in [5, 5.41) is 9.29. The second-order valence-electron chi connectivity index (χ2n) is 39.2. The first-order valence-corrected chi connectivity index (χ1v) is 51.0. The number of benzene rings is 13. The van der Waals surface area contributed by atoms with Gasteiger partial charge in [0.15, 0.2) is 0 Å². The second-order valence-corrected chi connectivity index (χ2v) is 40.9. The molecule has 3 aromatic heterocycles. The van der Waals surface area contributed by atoms with Crippen molar-refractivity contribution in [3.05, 3.63) is 461 Å². The zero-order valence-corrected chi connectivity index (χ0v) is 90.0. The number of nitrogens with one attached hydrogen (secondary N) is 1. The van der Waals surface area contributed by atoms with Crippen molar-refractivity contribution in [2.24, 2.45) is 5.92 Å². The number of hydrogen-bond acceptors (Lipinski definition) is 2. The Morgan fingerprint density at radius 3 is 1.22 bits per heavy atom. The van der Waals surface area contributed by atoms with Gasteiger partial charge in [-0.15, -0.1) is 11.3 Å². The first kappa shape index (κ1) is 116. The summed E-state index contributed by atoms with van der Waals surface area (Å²) < 4.78 is 51.4. The third kappa shape index (κ3) is 39.6. The van der Waals surface area contributed by atoms with Gasteiger partial charge in [-0.05, 0) is 270 Å². The molecular weight excluding hydrogens is 1760 g/mol. The average Bonchev–Trinajstić information content (AvgIpc) is 1.55. The third-order valence-electron chi connectivity index (χ3n) is 23.8. The number of thiophene rings is 1. The molecule has 3 heterocycles. The fourth-order valence-corrected chi connectivity index (χ4v) is 16.6. The van der Waals surface area contributed by atoms with Gasteiger partial charge in [-0.2, -0.15) is 13.2 Å². The molecule has 0 radical (unpaired) electrons. The lowest BCUT2D eigenvalue weighted by Crippen LogP contribution is -2.09. The van der Waals surface area contributed by atoms with E-state index in [9.17, 15) is 17.6 Å². The standard InChI is InChI=1S/C15H16.C13H14.C12H14.C11H12S.C10H13Cl.C10H11F3.C10H13F.C10H12N2.2C10H14.C9H11Cl.C9H12/c1-12(2)13-8-10-15(11-9-13)14-6-4-3-5-7-14;1-10(2)12-8-7-11-5-3-4-6-13(11)9-12;1-9(2)11-8-7-10-5-3-4-6-12(10)11;1-8(2)10-7-12-11-6-4-3-5-9(10)11;1-7(2)9-4-5-10(11)8(3)6-9;1-7(2)8-5-3-4-6-9(8)10(11,12)13;1-7(2)9-4-5-10(11)8(3)6-9;1-7(2)9-6-8-4-3-5-11-10(8)12-9;2*1-8(2)10-6-4-5-9(3)7-10;1-7(2)8-5-3-4-6-9(8)10;1-8(2)9-6-4-3-5-7-9/h3-12H,1-2H3;3-10H,1-2H3;3-6,8-9H,7H2,1-2H3;3-8H,1-2H3;4-7H,1-3H3;3-7H,1-2H3;4-7H,1-3H3;3-7H,1-2H3,(H,11,12);2*4-8H,1-3H3;3-7H,1-2H3;3-8H,1-2H3. The number of nitrogens with zero attached hydrogens (tertiary/aromatic N) is 1. The van der Waals surface area contributed by atoms with Crippen molar-refractivity contribution in [3.8, 4) is 11.1 Å².